The van der Waals surface area contributed by atoms with E-state index in [-0.39, 0.29) is 5.91 Å². The van der Waals surface area contributed by atoms with Crippen molar-refractivity contribution in [1.29, 1.82) is 0 Å². The zero-order valence-corrected chi connectivity index (χ0v) is 13.0. The number of hydrogen-bond acceptors (Lipinski definition) is 2. The second-order valence-corrected chi connectivity index (χ2v) is 5.89. The highest BCUT2D eigenvalue weighted by Gasteiger charge is 2.26. The monoisotopic (exact) mass is 294 g/mol. The highest BCUT2D eigenvalue weighted by molar-refractivity contribution is 6.30. The predicted octanol–water partition coefficient (Wildman–Crippen LogP) is 3.25. The molecule has 0 spiro atoms. The van der Waals surface area contributed by atoms with Gasteiger partial charge in [-0.25, -0.2) is 0 Å². The van der Waals surface area contributed by atoms with E-state index in [0.717, 1.165) is 50.0 Å². The number of aryl methyl sites for hydroxylation is 1. The minimum atomic E-state index is 0.134. The second-order valence-electron chi connectivity index (χ2n) is 5.46. The summed E-state index contributed by atoms with van der Waals surface area (Å²) in [6, 6.07) is 5.81. The van der Waals surface area contributed by atoms with Crippen molar-refractivity contribution in [3.8, 4) is 0 Å². The normalized spacial score (nSPS) is 18.9. The van der Waals surface area contributed by atoms with Crippen molar-refractivity contribution in [1.82, 2.24) is 10.2 Å². The van der Waals surface area contributed by atoms with Crippen LogP contribution in [-0.4, -0.2) is 36.5 Å². The molecule has 1 saturated heterocycles. The molecule has 1 unspecified atom stereocenters. The van der Waals surface area contributed by atoms with Gasteiger partial charge in [0, 0.05) is 29.7 Å². The van der Waals surface area contributed by atoms with Gasteiger partial charge in [0.25, 0.3) is 5.91 Å². The Bertz CT molecular complexity index is 470. The lowest BCUT2D eigenvalue weighted by molar-refractivity contribution is 0.0648. The Kier molecular flexibility index (Phi) is 5.44. The van der Waals surface area contributed by atoms with Crippen molar-refractivity contribution in [3.63, 3.8) is 0 Å². The Morgan fingerprint density at radius 3 is 2.90 bits per heavy atom. The average molecular weight is 295 g/mol. The molecule has 3 nitrogen and oxygen atoms in total. The van der Waals surface area contributed by atoms with Crippen molar-refractivity contribution in [2.45, 2.75) is 39.2 Å². The maximum absolute atomic E-state index is 12.8. The topological polar surface area (TPSA) is 32.3 Å². The minimum absolute atomic E-state index is 0.134. The van der Waals surface area contributed by atoms with Crippen molar-refractivity contribution in [3.05, 3.63) is 34.3 Å². The quantitative estimate of drug-likeness (QED) is 0.924. The third-order valence-electron chi connectivity index (χ3n) is 3.86. The fourth-order valence-corrected chi connectivity index (χ4v) is 3.04. The number of carbonyl (C=O) groups excluding carboxylic acids is 1. The number of nitrogens with one attached hydrogen (secondary N) is 1. The molecule has 0 aromatic heterocycles. The summed E-state index contributed by atoms with van der Waals surface area (Å²) in [5.74, 6) is 0.134. The molecule has 1 aromatic carbocycles. The van der Waals surface area contributed by atoms with Crippen LogP contribution in [0.3, 0.4) is 0 Å². The molecule has 4 heteroatoms. The molecule has 1 N–H and O–H groups in total. The van der Waals surface area contributed by atoms with E-state index in [1.807, 2.05) is 24.0 Å². The van der Waals surface area contributed by atoms with Crippen LogP contribution in [0.25, 0.3) is 0 Å². The second kappa shape index (κ2) is 7.09. The van der Waals surface area contributed by atoms with Gasteiger partial charge in [0.1, 0.15) is 0 Å². The van der Waals surface area contributed by atoms with Crippen molar-refractivity contribution >= 4 is 17.5 Å². The molecule has 1 atom stereocenters. The minimum Gasteiger partial charge on any atom is -0.334 e. The first-order valence-electron chi connectivity index (χ1n) is 7.41. The number of nitrogens with zero attached hydrogens (tertiary/aromatic N) is 1. The van der Waals surface area contributed by atoms with E-state index >= 15 is 0 Å². The molecule has 1 aliphatic heterocycles. The fraction of sp³-hybridized carbons (Fsp3) is 0.562. The molecule has 0 saturated carbocycles. The van der Waals surface area contributed by atoms with Crippen LogP contribution in [-0.2, 0) is 0 Å². The zero-order chi connectivity index (χ0) is 14.5. The van der Waals surface area contributed by atoms with Crippen molar-refractivity contribution < 1.29 is 4.79 Å². The molecule has 0 bridgehead atoms. The van der Waals surface area contributed by atoms with Gasteiger partial charge >= 0.3 is 0 Å². The van der Waals surface area contributed by atoms with Gasteiger partial charge in [0.05, 0.1) is 0 Å². The summed E-state index contributed by atoms with van der Waals surface area (Å²) in [6.07, 6.45) is 3.21. The first-order valence-corrected chi connectivity index (χ1v) is 7.79. The number of benzene rings is 1. The molecular weight excluding hydrogens is 272 g/mol. The van der Waals surface area contributed by atoms with Crippen LogP contribution in [0.15, 0.2) is 18.2 Å². The largest absolute Gasteiger partial charge is 0.334 e. The summed E-state index contributed by atoms with van der Waals surface area (Å²) in [6.45, 7) is 6.84. The molecule has 1 fully saturated rings. The third kappa shape index (κ3) is 3.53. The molecule has 0 aliphatic carbocycles. The summed E-state index contributed by atoms with van der Waals surface area (Å²) < 4.78 is 0. The number of halogens is 1. The Hall–Kier alpha value is -1.06. The Balaban J connectivity index is 2.21. The Labute approximate surface area is 126 Å². The zero-order valence-electron chi connectivity index (χ0n) is 12.3. The van der Waals surface area contributed by atoms with Crippen LogP contribution in [0.1, 0.15) is 42.1 Å². The molecule has 0 radical (unpaired) electrons. The number of hydrogen-bond donors (Lipinski definition) is 1. The summed E-state index contributed by atoms with van der Waals surface area (Å²) in [5.41, 5.74) is 1.72. The molecule has 1 aromatic rings. The highest BCUT2D eigenvalue weighted by atomic mass is 35.5. The first-order chi connectivity index (χ1) is 9.63. The SMILES string of the molecule is CCCN(C(=O)c1ccc(Cl)cc1C)C1CCCNC1. The molecular formula is C16H23ClN2O. The standard InChI is InChI=1S/C16H23ClN2O/c1-3-9-19(14-5-4-8-18-11-14)16(20)15-7-6-13(17)10-12(15)2/h6-7,10,14,18H,3-5,8-9,11H2,1-2H3. The number of piperidine rings is 1. The van der Waals surface area contributed by atoms with Gasteiger partial charge < -0.3 is 10.2 Å². The van der Waals surface area contributed by atoms with Crippen LogP contribution in [0.5, 0.6) is 0 Å². The van der Waals surface area contributed by atoms with Gasteiger partial charge in [0.2, 0.25) is 0 Å². The van der Waals surface area contributed by atoms with Gasteiger partial charge in [-0.1, -0.05) is 18.5 Å². The van der Waals surface area contributed by atoms with Gasteiger partial charge in [0.15, 0.2) is 0 Å². The fourth-order valence-electron chi connectivity index (χ4n) is 2.81. The Morgan fingerprint density at radius 1 is 1.50 bits per heavy atom. The summed E-state index contributed by atoms with van der Waals surface area (Å²) >= 11 is 5.98. The molecule has 20 heavy (non-hydrogen) atoms. The molecule has 2 rings (SSSR count). The van der Waals surface area contributed by atoms with Crippen LogP contribution in [0.2, 0.25) is 5.02 Å². The smallest absolute Gasteiger partial charge is 0.254 e. The maximum atomic E-state index is 12.8. The van der Waals surface area contributed by atoms with Crippen LogP contribution in [0, 0.1) is 6.92 Å². The van der Waals surface area contributed by atoms with Crippen molar-refractivity contribution in [2.24, 2.45) is 0 Å². The van der Waals surface area contributed by atoms with Crippen LogP contribution in [0.4, 0.5) is 0 Å². The highest BCUT2D eigenvalue weighted by Crippen LogP contribution is 2.20. The molecule has 1 aliphatic rings. The molecule has 1 amide bonds. The average Bonchev–Trinajstić information content (AvgIpc) is 2.45. The van der Waals surface area contributed by atoms with Crippen LogP contribution >= 0.6 is 11.6 Å². The Morgan fingerprint density at radius 2 is 2.30 bits per heavy atom. The maximum Gasteiger partial charge on any atom is 0.254 e. The third-order valence-corrected chi connectivity index (χ3v) is 4.09. The van der Waals surface area contributed by atoms with Crippen LogP contribution < -0.4 is 5.32 Å². The number of carbonyl (C=O) groups is 1. The molecule has 1 heterocycles. The predicted molar refractivity (Wildman–Crippen MR) is 83.4 cm³/mol. The lowest BCUT2D eigenvalue weighted by atomic mass is 10.0. The van der Waals surface area contributed by atoms with E-state index in [0.29, 0.717) is 11.1 Å². The van der Waals surface area contributed by atoms with E-state index in [1.165, 1.54) is 0 Å². The number of rotatable bonds is 4. The van der Waals surface area contributed by atoms with Gasteiger partial charge in [-0.3, -0.25) is 4.79 Å². The van der Waals surface area contributed by atoms with E-state index in [4.69, 9.17) is 11.6 Å². The number of amides is 1. The summed E-state index contributed by atoms with van der Waals surface area (Å²) in [7, 11) is 0. The van der Waals surface area contributed by atoms with Gasteiger partial charge in [-0.05, 0) is 56.5 Å². The van der Waals surface area contributed by atoms with E-state index in [9.17, 15) is 4.79 Å². The van der Waals surface area contributed by atoms with E-state index < -0.39 is 0 Å². The lowest BCUT2D eigenvalue weighted by Crippen LogP contribution is -2.49. The lowest BCUT2D eigenvalue weighted by Gasteiger charge is -2.35. The summed E-state index contributed by atoms with van der Waals surface area (Å²) in [4.78, 5) is 14.9. The summed E-state index contributed by atoms with van der Waals surface area (Å²) in [5, 5.41) is 4.07. The van der Waals surface area contributed by atoms with Gasteiger partial charge in [-0.15, -0.1) is 0 Å². The van der Waals surface area contributed by atoms with E-state index in [2.05, 4.69) is 12.2 Å². The van der Waals surface area contributed by atoms with Crippen molar-refractivity contribution in [2.75, 3.05) is 19.6 Å². The van der Waals surface area contributed by atoms with E-state index in [1.54, 1.807) is 6.07 Å². The van der Waals surface area contributed by atoms with Gasteiger partial charge in [-0.2, -0.15) is 0 Å². The molecule has 110 valence electrons. The first kappa shape index (κ1) is 15.3.